The van der Waals surface area contributed by atoms with Crippen molar-refractivity contribution in [3.05, 3.63) is 41.2 Å². The Morgan fingerprint density at radius 3 is 1.94 bits per heavy atom. The molecule has 0 radical (unpaired) electrons. The van der Waals surface area contributed by atoms with E-state index in [9.17, 15) is 14.4 Å². The van der Waals surface area contributed by atoms with Gasteiger partial charge in [0.05, 0.1) is 14.2 Å². The Balaban J connectivity index is 0.000000861. The van der Waals surface area contributed by atoms with Crippen molar-refractivity contribution in [3.63, 3.8) is 0 Å². The van der Waals surface area contributed by atoms with Crippen LogP contribution in [0.2, 0.25) is 0 Å². The number of allylic oxidation sites excluding steroid dienone is 1. The molecule has 1 saturated heterocycles. The fourth-order valence-electron chi connectivity index (χ4n) is 3.25. The molecule has 1 heterocycles. The molecule has 0 spiro atoms. The Labute approximate surface area is 184 Å². The molecule has 172 valence electrons. The summed E-state index contributed by atoms with van der Waals surface area (Å²) in [6.45, 7) is 5.85. The number of benzene rings is 1. The van der Waals surface area contributed by atoms with E-state index in [0.29, 0.717) is 5.82 Å². The van der Waals surface area contributed by atoms with Gasteiger partial charge in [0.1, 0.15) is 0 Å². The fourth-order valence-corrected chi connectivity index (χ4v) is 3.25. The number of aliphatic carboxylic acids is 1. The molecular weight excluding hydrogens is 400 g/mol. The Hall–Kier alpha value is -2.71. The SMILES string of the molecule is CCC(=O)O.CCCCCCC(=C1N(OC)C(=O)C(=O)N1OC)c1ccccc1CC. The van der Waals surface area contributed by atoms with Gasteiger partial charge in [-0.2, -0.15) is 10.1 Å². The van der Waals surface area contributed by atoms with E-state index in [1.807, 2.05) is 18.2 Å². The Morgan fingerprint density at radius 1 is 0.935 bits per heavy atom. The highest BCUT2D eigenvalue weighted by atomic mass is 16.7. The summed E-state index contributed by atoms with van der Waals surface area (Å²) in [5.74, 6) is -1.87. The minimum absolute atomic E-state index is 0.222. The number of hydrogen-bond acceptors (Lipinski definition) is 5. The molecule has 0 aromatic heterocycles. The van der Waals surface area contributed by atoms with Gasteiger partial charge >= 0.3 is 17.8 Å². The van der Waals surface area contributed by atoms with Gasteiger partial charge in [0.2, 0.25) is 0 Å². The highest BCUT2D eigenvalue weighted by Crippen LogP contribution is 2.34. The van der Waals surface area contributed by atoms with Crippen LogP contribution in [0.15, 0.2) is 30.1 Å². The van der Waals surface area contributed by atoms with Crippen molar-refractivity contribution < 1.29 is 29.2 Å². The van der Waals surface area contributed by atoms with Gasteiger partial charge in [0.15, 0.2) is 5.82 Å². The Bertz CT molecular complexity index is 766. The standard InChI is InChI=1S/C20H28N2O4.C3H6O2/c1-5-7-8-9-14-17(16-13-11-10-12-15(16)6-2)18-21(25-3)19(23)20(24)22(18)26-4;1-2-3(4)5/h10-13H,5-9,14H2,1-4H3;2H2,1H3,(H,4,5). The van der Waals surface area contributed by atoms with Crippen LogP contribution >= 0.6 is 0 Å². The van der Waals surface area contributed by atoms with Crippen LogP contribution in [0, 0.1) is 0 Å². The van der Waals surface area contributed by atoms with Gasteiger partial charge in [-0.05, 0) is 30.4 Å². The number of amides is 2. The molecule has 8 nitrogen and oxygen atoms in total. The van der Waals surface area contributed by atoms with Crippen molar-refractivity contribution >= 4 is 23.4 Å². The molecule has 31 heavy (non-hydrogen) atoms. The number of carbonyl (C=O) groups is 3. The predicted molar refractivity (Wildman–Crippen MR) is 117 cm³/mol. The first kappa shape index (κ1) is 26.3. The average molecular weight is 435 g/mol. The number of carboxylic acid groups (broad SMARTS) is 1. The second-order valence-electron chi connectivity index (χ2n) is 6.94. The number of aryl methyl sites for hydroxylation is 1. The van der Waals surface area contributed by atoms with Gasteiger partial charge in [-0.1, -0.05) is 64.3 Å². The quantitative estimate of drug-likeness (QED) is 0.439. The molecule has 0 aliphatic carbocycles. The number of hydrogen-bond donors (Lipinski definition) is 1. The van der Waals surface area contributed by atoms with E-state index in [2.05, 4.69) is 19.9 Å². The Morgan fingerprint density at radius 2 is 1.48 bits per heavy atom. The highest BCUT2D eigenvalue weighted by Gasteiger charge is 2.45. The van der Waals surface area contributed by atoms with Gasteiger partial charge in [-0.3, -0.25) is 24.1 Å². The average Bonchev–Trinajstić information content (AvgIpc) is 3.03. The van der Waals surface area contributed by atoms with Crippen LogP contribution in [0.25, 0.3) is 5.57 Å². The first-order chi connectivity index (χ1) is 14.9. The maximum Gasteiger partial charge on any atom is 0.344 e. The maximum absolute atomic E-state index is 12.3. The fraction of sp³-hybridized carbons (Fsp3) is 0.522. The lowest BCUT2D eigenvalue weighted by atomic mass is 9.93. The third-order valence-electron chi connectivity index (χ3n) is 4.88. The summed E-state index contributed by atoms with van der Waals surface area (Å²) in [6.07, 6.45) is 6.14. The molecule has 2 rings (SSSR count). The molecule has 0 saturated carbocycles. The molecule has 1 aromatic rings. The summed E-state index contributed by atoms with van der Waals surface area (Å²) in [5, 5.41) is 9.79. The number of hydroxylamine groups is 4. The molecule has 1 aliphatic heterocycles. The van der Waals surface area contributed by atoms with Crippen molar-refractivity contribution in [2.75, 3.05) is 14.2 Å². The van der Waals surface area contributed by atoms with Crippen LogP contribution in [0.5, 0.6) is 0 Å². The molecule has 0 unspecified atom stereocenters. The minimum Gasteiger partial charge on any atom is -0.481 e. The molecule has 1 N–H and O–H groups in total. The van der Waals surface area contributed by atoms with Gasteiger partial charge in [-0.25, -0.2) is 0 Å². The monoisotopic (exact) mass is 434 g/mol. The normalized spacial score (nSPS) is 13.4. The van der Waals surface area contributed by atoms with E-state index in [-0.39, 0.29) is 6.42 Å². The van der Waals surface area contributed by atoms with Gasteiger partial charge in [-0.15, -0.1) is 0 Å². The molecule has 0 bridgehead atoms. The van der Waals surface area contributed by atoms with E-state index in [0.717, 1.165) is 65.4 Å². The lowest BCUT2D eigenvalue weighted by Gasteiger charge is -2.23. The molecule has 1 aromatic carbocycles. The van der Waals surface area contributed by atoms with Crippen molar-refractivity contribution in [2.24, 2.45) is 0 Å². The lowest BCUT2D eigenvalue weighted by molar-refractivity contribution is -0.164. The van der Waals surface area contributed by atoms with Crippen molar-refractivity contribution in [2.45, 2.75) is 65.7 Å². The van der Waals surface area contributed by atoms with Crippen molar-refractivity contribution in [3.8, 4) is 0 Å². The highest BCUT2D eigenvalue weighted by molar-refractivity contribution is 6.37. The minimum atomic E-state index is -0.746. The van der Waals surface area contributed by atoms with Gasteiger partial charge in [0.25, 0.3) is 0 Å². The smallest absolute Gasteiger partial charge is 0.344 e. The lowest BCUT2D eigenvalue weighted by Crippen LogP contribution is -2.26. The molecular formula is C23H34N2O6. The first-order valence-corrected chi connectivity index (χ1v) is 10.7. The largest absolute Gasteiger partial charge is 0.481 e. The second-order valence-corrected chi connectivity index (χ2v) is 6.94. The van der Waals surface area contributed by atoms with Gasteiger partial charge < -0.3 is 5.11 Å². The van der Waals surface area contributed by atoms with Gasteiger partial charge in [0, 0.05) is 12.0 Å². The van der Waals surface area contributed by atoms with Crippen LogP contribution in [0.1, 0.15) is 70.4 Å². The summed E-state index contributed by atoms with van der Waals surface area (Å²) in [7, 11) is 2.76. The third-order valence-corrected chi connectivity index (χ3v) is 4.88. The predicted octanol–water partition coefficient (Wildman–Crippen LogP) is 4.16. The van der Waals surface area contributed by atoms with Crippen LogP contribution < -0.4 is 0 Å². The van der Waals surface area contributed by atoms with Crippen molar-refractivity contribution in [1.82, 2.24) is 10.1 Å². The molecule has 0 atom stereocenters. The Kier molecular flexibility index (Phi) is 11.5. The molecule has 2 amide bonds. The number of carbonyl (C=O) groups excluding carboxylic acids is 2. The van der Waals surface area contributed by atoms with E-state index >= 15 is 0 Å². The van der Waals surface area contributed by atoms with Crippen LogP contribution in [0.3, 0.4) is 0 Å². The summed E-state index contributed by atoms with van der Waals surface area (Å²) >= 11 is 0. The summed E-state index contributed by atoms with van der Waals surface area (Å²) in [6, 6.07) is 8.05. The second kappa shape index (κ2) is 13.6. The zero-order valence-electron chi connectivity index (χ0n) is 19.1. The molecule has 1 aliphatic rings. The number of unbranched alkanes of at least 4 members (excludes halogenated alkanes) is 3. The molecule has 1 fully saturated rings. The summed E-state index contributed by atoms with van der Waals surface area (Å²) in [5.41, 5.74) is 3.07. The van der Waals surface area contributed by atoms with Crippen LogP contribution in [0.4, 0.5) is 0 Å². The summed E-state index contributed by atoms with van der Waals surface area (Å²) < 4.78 is 0. The molecule has 8 heteroatoms. The van der Waals surface area contributed by atoms with Crippen molar-refractivity contribution in [1.29, 1.82) is 0 Å². The maximum atomic E-state index is 12.3. The summed E-state index contributed by atoms with van der Waals surface area (Å²) in [4.78, 5) is 44.4. The zero-order valence-corrected chi connectivity index (χ0v) is 19.1. The number of carboxylic acids is 1. The van der Waals surface area contributed by atoms with E-state index in [1.54, 1.807) is 6.92 Å². The number of nitrogens with zero attached hydrogens (tertiary/aromatic N) is 2. The van der Waals surface area contributed by atoms with Crippen LogP contribution in [-0.4, -0.2) is 47.2 Å². The van der Waals surface area contributed by atoms with E-state index in [4.69, 9.17) is 14.8 Å². The first-order valence-electron chi connectivity index (χ1n) is 10.7. The number of rotatable bonds is 10. The van der Waals surface area contributed by atoms with Crippen LogP contribution in [-0.2, 0) is 30.5 Å². The van der Waals surface area contributed by atoms with E-state index < -0.39 is 17.8 Å². The van der Waals surface area contributed by atoms with E-state index in [1.165, 1.54) is 14.2 Å². The topological polar surface area (TPSA) is 96.4 Å². The zero-order chi connectivity index (χ0) is 23.4. The third kappa shape index (κ3) is 6.90.